The van der Waals surface area contributed by atoms with E-state index in [-0.39, 0.29) is 4.05 Å². The maximum atomic E-state index is 5.28. The van der Waals surface area contributed by atoms with Crippen LogP contribution in [0, 0.1) is 5.92 Å². The van der Waals surface area contributed by atoms with Crippen molar-refractivity contribution in [1.82, 2.24) is 0 Å². The molecule has 0 aliphatic rings. The van der Waals surface area contributed by atoms with E-state index in [0.717, 1.165) is 6.61 Å². The summed E-state index contributed by atoms with van der Waals surface area (Å²) >= 11 is 3.39. The highest BCUT2D eigenvalue weighted by molar-refractivity contribution is 14.1. The molecule has 0 rings (SSSR count). The lowest BCUT2D eigenvalue weighted by Gasteiger charge is -2.06. The molecule has 0 aromatic heterocycles. The molecule has 0 aliphatic heterocycles. The molecular weight excluding hydrogens is 248 g/mol. The van der Waals surface area contributed by atoms with Crippen molar-refractivity contribution in [2.75, 3.05) is 6.61 Å². The Hall–Kier alpha value is 1.06. The second-order valence-electron chi connectivity index (χ2n) is 2.14. The summed E-state index contributed by atoms with van der Waals surface area (Å²) in [6, 6.07) is 0. The standard InChI is InChI=1S/C4H11BINOS/c1-4(2)3-8-5(6)9-7/h4H,3,7H2,1-2H3. The molecule has 0 bridgehead atoms. The lowest BCUT2D eigenvalue weighted by molar-refractivity contribution is 0.291. The Morgan fingerprint density at radius 3 is 2.67 bits per heavy atom. The topological polar surface area (TPSA) is 35.2 Å². The van der Waals surface area contributed by atoms with Crippen LogP contribution >= 0.6 is 34.2 Å². The summed E-state index contributed by atoms with van der Waals surface area (Å²) in [5.41, 5.74) is 0. The minimum atomic E-state index is 0.102. The van der Waals surface area contributed by atoms with Crippen LogP contribution in [0.15, 0.2) is 0 Å². The highest BCUT2D eigenvalue weighted by Crippen LogP contribution is 2.08. The molecule has 0 fully saturated rings. The molecular formula is C4H11BINOS. The van der Waals surface area contributed by atoms with Gasteiger partial charge in [-0.15, -0.1) is 0 Å². The summed E-state index contributed by atoms with van der Waals surface area (Å²) in [6.07, 6.45) is 0. The fourth-order valence-electron chi connectivity index (χ4n) is 0.307. The Balaban J connectivity index is 3.06. The van der Waals surface area contributed by atoms with Crippen LogP contribution in [0.4, 0.5) is 0 Å². The molecule has 0 amide bonds. The van der Waals surface area contributed by atoms with E-state index in [0.29, 0.717) is 5.92 Å². The normalized spacial score (nSPS) is 10.3. The Bertz CT molecular complexity index is 75.6. The molecule has 0 saturated carbocycles. The predicted octanol–water partition coefficient (Wildman–Crippen LogP) is 1.69. The second kappa shape index (κ2) is 5.82. The predicted molar refractivity (Wildman–Crippen MR) is 52.3 cm³/mol. The van der Waals surface area contributed by atoms with Crippen LogP contribution in [-0.4, -0.2) is 10.7 Å². The molecule has 0 radical (unpaired) electrons. The minimum Gasteiger partial charge on any atom is -0.416 e. The van der Waals surface area contributed by atoms with E-state index in [1.807, 2.05) is 0 Å². The number of nitrogens with two attached hydrogens (primary N) is 1. The first kappa shape index (κ1) is 10.1. The van der Waals surface area contributed by atoms with Crippen molar-refractivity contribution >= 4 is 38.2 Å². The van der Waals surface area contributed by atoms with Gasteiger partial charge in [0.25, 0.3) is 0 Å². The van der Waals surface area contributed by atoms with Gasteiger partial charge in [-0.3, -0.25) is 5.14 Å². The highest BCUT2D eigenvalue weighted by atomic mass is 127. The van der Waals surface area contributed by atoms with Gasteiger partial charge in [0.15, 0.2) is 0 Å². The van der Waals surface area contributed by atoms with Crippen molar-refractivity contribution in [2.24, 2.45) is 11.1 Å². The maximum Gasteiger partial charge on any atom is 0.450 e. The summed E-state index contributed by atoms with van der Waals surface area (Å²) in [7, 11) is 0. The molecule has 0 aliphatic carbocycles. The Labute approximate surface area is 74.3 Å². The number of rotatable bonds is 4. The Morgan fingerprint density at radius 2 is 2.33 bits per heavy atom. The Morgan fingerprint density at radius 1 is 1.78 bits per heavy atom. The summed E-state index contributed by atoms with van der Waals surface area (Å²) in [6.45, 7) is 5.02. The molecule has 0 aromatic rings. The minimum absolute atomic E-state index is 0.102. The molecule has 9 heavy (non-hydrogen) atoms. The molecule has 0 unspecified atom stereocenters. The van der Waals surface area contributed by atoms with Crippen molar-refractivity contribution in [1.29, 1.82) is 0 Å². The highest BCUT2D eigenvalue weighted by Gasteiger charge is 2.09. The monoisotopic (exact) mass is 259 g/mol. The largest absolute Gasteiger partial charge is 0.450 e. The van der Waals surface area contributed by atoms with E-state index < -0.39 is 0 Å². The van der Waals surface area contributed by atoms with E-state index in [2.05, 4.69) is 36.2 Å². The number of hydrogen-bond acceptors (Lipinski definition) is 3. The molecule has 0 aromatic carbocycles. The van der Waals surface area contributed by atoms with Gasteiger partial charge >= 0.3 is 4.05 Å². The SMILES string of the molecule is CC(C)COB(I)SN. The van der Waals surface area contributed by atoms with Crippen LogP contribution in [0.1, 0.15) is 13.8 Å². The molecule has 2 nitrogen and oxygen atoms in total. The van der Waals surface area contributed by atoms with Gasteiger partial charge in [-0.25, -0.2) is 0 Å². The van der Waals surface area contributed by atoms with Crippen LogP contribution < -0.4 is 5.14 Å². The van der Waals surface area contributed by atoms with E-state index in [9.17, 15) is 0 Å². The first-order valence-corrected chi connectivity index (χ1v) is 4.97. The van der Waals surface area contributed by atoms with E-state index in [1.165, 1.54) is 11.8 Å². The smallest absolute Gasteiger partial charge is 0.416 e. The molecule has 54 valence electrons. The van der Waals surface area contributed by atoms with E-state index in [4.69, 9.17) is 9.79 Å². The van der Waals surface area contributed by atoms with Gasteiger partial charge in [-0.2, -0.15) is 0 Å². The van der Waals surface area contributed by atoms with Gasteiger partial charge in [0.05, 0.1) is 0 Å². The zero-order chi connectivity index (χ0) is 7.28. The van der Waals surface area contributed by atoms with E-state index in [1.54, 1.807) is 0 Å². The average Bonchev–Trinajstić information content (AvgIpc) is 1.83. The summed E-state index contributed by atoms with van der Waals surface area (Å²) in [5.74, 6) is 0.592. The second-order valence-corrected chi connectivity index (χ2v) is 4.81. The van der Waals surface area contributed by atoms with Crippen molar-refractivity contribution in [3.05, 3.63) is 0 Å². The Kier molecular flexibility index (Phi) is 6.51. The lowest BCUT2D eigenvalue weighted by Crippen LogP contribution is -2.12. The maximum absolute atomic E-state index is 5.28. The third-order valence-corrected chi connectivity index (χ3v) is 2.26. The number of halogens is 1. The molecule has 0 heterocycles. The van der Waals surface area contributed by atoms with Gasteiger partial charge in [-0.05, 0) is 5.92 Å². The zero-order valence-corrected chi connectivity index (χ0v) is 8.61. The average molecular weight is 259 g/mol. The third kappa shape index (κ3) is 6.96. The van der Waals surface area contributed by atoms with Crippen molar-refractivity contribution in [3.63, 3.8) is 0 Å². The van der Waals surface area contributed by atoms with E-state index >= 15 is 0 Å². The van der Waals surface area contributed by atoms with Crippen molar-refractivity contribution in [2.45, 2.75) is 13.8 Å². The quantitative estimate of drug-likeness (QED) is 0.474. The van der Waals surface area contributed by atoms with Gasteiger partial charge in [-0.1, -0.05) is 48.0 Å². The van der Waals surface area contributed by atoms with Crippen molar-refractivity contribution < 1.29 is 4.65 Å². The molecule has 0 spiro atoms. The number of hydrogen-bond donors (Lipinski definition) is 1. The fraction of sp³-hybridized carbons (Fsp3) is 1.00. The van der Waals surface area contributed by atoms with Gasteiger partial charge in [0.1, 0.15) is 0 Å². The first-order valence-electron chi connectivity index (χ1n) is 2.78. The zero-order valence-electron chi connectivity index (χ0n) is 5.63. The molecule has 2 N–H and O–H groups in total. The third-order valence-electron chi connectivity index (χ3n) is 0.668. The first-order chi connectivity index (χ1) is 4.16. The van der Waals surface area contributed by atoms with Crippen LogP contribution in [-0.2, 0) is 4.65 Å². The summed E-state index contributed by atoms with van der Waals surface area (Å²) < 4.78 is 5.38. The fourth-order valence-corrected chi connectivity index (χ4v) is 0.672. The summed E-state index contributed by atoms with van der Waals surface area (Å²) in [4.78, 5) is 0. The lowest BCUT2D eigenvalue weighted by atomic mass is 10.2. The van der Waals surface area contributed by atoms with Crippen LogP contribution in [0.25, 0.3) is 0 Å². The van der Waals surface area contributed by atoms with Crippen molar-refractivity contribution in [3.8, 4) is 0 Å². The molecule has 5 heteroatoms. The van der Waals surface area contributed by atoms with Gasteiger partial charge in [0.2, 0.25) is 0 Å². The van der Waals surface area contributed by atoms with Crippen LogP contribution in [0.5, 0.6) is 0 Å². The summed E-state index contributed by atoms with van der Waals surface area (Å²) in [5, 5.41) is 5.24. The molecule has 0 atom stereocenters. The van der Waals surface area contributed by atoms with Gasteiger partial charge in [0, 0.05) is 6.61 Å². The van der Waals surface area contributed by atoms with Crippen LogP contribution in [0.2, 0.25) is 0 Å². The molecule has 0 saturated heterocycles. The van der Waals surface area contributed by atoms with Crippen LogP contribution in [0.3, 0.4) is 0 Å². The van der Waals surface area contributed by atoms with Gasteiger partial charge < -0.3 is 4.65 Å².